The summed E-state index contributed by atoms with van der Waals surface area (Å²) in [7, 11) is 3.46. The summed E-state index contributed by atoms with van der Waals surface area (Å²) in [6.45, 7) is 0. The molecule has 5 nitrogen and oxygen atoms in total. The zero-order valence-corrected chi connectivity index (χ0v) is 15.5. The quantitative estimate of drug-likeness (QED) is 0.630. The zero-order chi connectivity index (χ0) is 18.9. The number of thiocarbonyl (C=S) groups is 1. The first-order valence-corrected chi connectivity index (χ1v) is 8.49. The lowest BCUT2D eigenvalue weighted by Gasteiger charge is -2.11. The number of anilines is 1. The van der Waals surface area contributed by atoms with E-state index in [1.165, 1.54) is 6.08 Å². The van der Waals surface area contributed by atoms with Crippen LogP contribution in [0.3, 0.4) is 0 Å². The molecule has 0 saturated heterocycles. The topological polar surface area (TPSA) is 61.4 Å². The molecule has 2 N–H and O–H groups in total. The summed E-state index contributed by atoms with van der Waals surface area (Å²) in [6, 6.07) is 16.9. The zero-order valence-electron chi connectivity index (χ0n) is 14.7. The van der Waals surface area contributed by atoms with E-state index in [9.17, 15) is 9.59 Å². The summed E-state index contributed by atoms with van der Waals surface area (Å²) in [5.41, 5.74) is 2.59. The van der Waals surface area contributed by atoms with Crippen LogP contribution in [0.1, 0.15) is 11.1 Å². The Morgan fingerprint density at radius 2 is 1.69 bits per heavy atom. The van der Waals surface area contributed by atoms with Gasteiger partial charge in [-0.2, -0.15) is 0 Å². The molecular formula is C20H21N3O2S. The van der Waals surface area contributed by atoms with Crippen molar-refractivity contribution in [2.45, 2.75) is 6.42 Å². The number of nitrogens with one attached hydrogen (secondary N) is 2. The number of nitrogens with zero attached hydrogens (tertiary/aromatic N) is 1. The van der Waals surface area contributed by atoms with Gasteiger partial charge >= 0.3 is 0 Å². The van der Waals surface area contributed by atoms with Gasteiger partial charge in [0.25, 0.3) is 0 Å². The van der Waals surface area contributed by atoms with Gasteiger partial charge in [0.1, 0.15) is 0 Å². The van der Waals surface area contributed by atoms with Gasteiger partial charge in [0.05, 0.1) is 6.42 Å². The fraction of sp³-hybridized carbons (Fsp3) is 0.150. The molecule has 0 aliphatic heterocycles. The summed E-state index contributed by atoms with van der Waals surface area (Å²) < 4.78 is 0. The molecular weight excluding hydrogens is 346 g/mol. The third kappa shape index (κ3) is 6.49. The van der Waals surface area contributed by atoms with Crippen LogP contribution in [-0.4, -0.2) is 35.9 Å². The molecule has 2 aromatic carbocycles. The number of benzene rings is 2. The van der Waals surface area contributed by atoms with Crippen LogP contribution in [0.4, 0.5) is 5.69 Å². The number of carbonyl (C=O) groups is 2. The van der Waals surface area contributed by atoms with E-state index < -0.39 is 0 Å². The highest BCUT2D eigenvalue weighted by molar-refractivity contribution is 7.80. The number of amides is 2. The minimum atomic E-state index is -0.306. The maximum Gasteiger partial charge on any atom is 0.250 e. The Bertz CT molecular complexity index is 800. The largest absolute Gasteiger partial charge is 0.349 e. The maximum atomic E-state index is 11.9. The Labute approximate surface area is 158 Å². The van der Waals surface area contributed by atoms with Gasteiger partial charge in [-0.1, -0.05) is 42.5 Å². The van der Waals surface area contributed by atoms with Crippen LogP contribution in [0.2, 0.25) is 0 Å². The second-order valence-corrected chi connectivity index (χ2v) is 6.26. The van der Waals surface area contributed by atoms with Gasteiger partial charge in [-0.25, -0.2) is 0 Å². The van der Waals surface area contributed by atoms with Crippen molar-refractivity contribution >= 4 is 40.9 Å². The van der Waals surface area contributed by atoms with E-state index in [1.54, 1.807) is 25.1 Å². The number of rotatable bonds is 5. The average Bonchev–Trinajstić information content (AvgIpc) is 2.62. The van der Waals surface area contributed by atoms with Crippen molar-refractivity contribution in [1.82, 2.24) is 10.2 Å². The molecule has 0 fully saturated rings. The van der Waals surface area contributed by atoms with Crippen LogP contribution < -0.4 is 10.6 Å². The Hall–Kier alpha value is -2.99. The molecule has 2 rings (SSSR count). The average molecular weight is 367 g/mol. The SMILES string of the molecule is CN(C)C(=O)Cc1ccc(NC(=S)NC(=O)/C=C/c2ccccc2)cc1. The Kier molecular flexibility index (Phi) is 7.05. The summed E-state index contributed by atoms with van der Waals surface area (Å²) in [5, 5.41) is 5.75. The molecule has 0 atom stereocenters. The second-order valence-electron chi connectivity index (χ2n) is 5.85. The third-order valence-corrected chi connectivity index (χ3v) is 3.73. The van der Waals surface area contributed by atoms with E-state index in [0.29, 0.717) is 6.42 Å². The predicted molar refractivity (Wildman–Crippen MR) is 109 cm³/mol. The lowest BCUT2D eigenvalue weighted by Crippen LogP contribution is -2.32. The van der Waals surface area contributed by atoms with Crippen molar-refractivity contribution in [3.05, 3.63) is 71.8 Å². The van der Waals surface area contributed by atoms with E-state index in [0.717, 1.165) is 16.8 Å². The molecule has 0 unspecified atom stereocenters. The van der Waals surface area contributed by atoms with Gasteiger partial charge in [0.2, 0.25) is 11.8 Å². The van der Waals surface area contributed by atoms with Gasteiger partial charge in [0.15, 0.2) is 5.11 Å². The Balaban J connectivity index is 1.84. The van der Waals surface area contributed by atoms with Crippen LogP contribution >= 0.6 is 12.2 Å². The minimum Gasteiger partial charge on any atom is -0.349 e. The van der Waals surface area contributed by atoms with Crippen LogP contribution in [0, 0.1) is 0 Å². The number of likely N-dealkylation sites (N-methyl/N-ethyl adjacent to an activating group) is 1. The molecule has 0 bridgehead atoms. The first-order valence-electron chi connectivity index (χ1n) is 8.08. The van der Waals surface area contributed by atoms with Crippen molar-refractivity contribution in [3.8, 4) is 0 Å². The maximum absolute atomic E-state index is 11.9. The van der Waals surface area contributed by atoms with Gasteiger partial charge in [-0.05, 0) is 41.6 Å². The highest BCUT2D eigenvalue weighted by Gasteiger charge is 2.06. The highest BCUT2D eigenvalue weighted by atomic mass is 32.1. The smallest absolute Gasteiger partial charge is 0.250 e. The third-order valence-electron chi connectivity index (χ3n) is 3.53. The van der Waals surface area contributed by atoms with E-state index >= 15 is 0 Å². The van der Waals surface area contributed by atoms with E-state index in [-0.39, 0.29) is 16.9 Å². The summed E-state index contributed by atoms with van der Waals surface area (Å²) in [4.78, 5) is 25.1. The fourth-order valence-electron chi connectivity index (χ4n) is 2.09. The van der Waals surface area contributed by atoms with Crippen LogP contribution in [0.5, 0.6) is 0 Å². The van der Waals surface area contributed by atoms with Crippen LogP contribution in [-0.2, 0) is 16.0 Å². The highest BCUT2D eigenvalue weighted by Crippen LogP contribution is 2.10. The lowest BCUT2D eigenvalue weighted by molar-refractivity contribution is -0.128. The molecule has 0 spiro atoms. The molecule has 26 heavy (non-hydrogen) atoms. The summed E-state index contributed by atoms with van der Waals surface area (Å²) in [5.74, 6) is -0.266. The van der Waals surface area contributed by atoms with Crippen molar-refractivity contribution in [1.29, 1.82) is 0 Å². The molecule has 6 heteroatoms. The molecule has 134 valence electrons. The van der Waals surface area contributed by atoms with Gasteiger partial charge < -0.3 is 10.2 Å². The molecule has 0 radical (unpaired) electrons. The Morgan fingerprint density at radius 1 is 1.04 bits per heavy atom. The summed E-state index contributed by atoms with van der Waals surface area (Å²) in [6.07, 6.45) is 3.49. The molecule has 0 aromatic heterocycles. The first kappa shape index (κ1) is 19.3. The van der Waals surface area contributed by atoms with E-state index in [2.05, 4.69) is 10.6 Å². The van der Waals surface area contributed by atoms with E-state index in [1.807, 2.05) is 54.6 Å². The molecule has 2 aromatic rings. The normalized spacial score (nSPS) is 10.4. The van der Waals surface area contributed by atoms with Crippen molar-refractivity contribution < 1.29 is 9.59 Å². The van der Waals surface area contributed by atoms with E-state index in [4.69, 9.17) is 12.2 Å². The van der Waals surface area contributed by atoms with Crippen LogP contribution in [0.25, 0.3) is 6.08 Å². The van der Waals surface area contributed by atoms with Gasteiger partial charge in [0, 0.05) is 25.9 Å². The van der Waals surface area contributed by atoms with Gasteiger partial charge in [-0.3, -0.25) is 14.9 Å². The fourth-order valence-corrected chi connectivity index (χ4v) is 2.31. The number of hydrogen-bond donors (Lipinski definition) is 2. The lowest BCUT2D eigenvalue weighted by atomic mass is 10.1. The standard InChI is InChI=1S/C20H21N3O2S/c1-23(2)19(25)14-16-8-11-17(12-9-16)21-20(26)22-18(24)13-10-15-6-4-3-5-7-15/h3-13H,14H2,1-2H3,(H2,21,22,24,26)/b13-10+. The van der Waals surface area contributed by atoms with Crippen LogP contribution in [0.15, 0.2) is 60.7 Å². The van der Waals surface area contributed by atoms with Crippen molar-refractivity contribution in [2.24, 2.45) is 0 Å². The van der Waals surface area contributed by atoms with Crippen molar-refractivity contribution in [3.63, 3.8) is 0 Å². The number of hydrogen-bond acceptors (Lipinski definition) is 3. The summed E-state index contributed by atoms with van der Waals surface area (Å²) >= 11 is 5.14. The molecule has 0 saturated carbocycles. The monoisotopic (exact) mass is 367 g/mol. The van der Waals surface area contributed by atoms with Gasteiger partial charge in [-0.15, -0.1) is 0 Å². The molecule has 0 aliphatic rings. The minimum absolute atomic E-state index is 0.0405. The Morgan fingerprint density at radius 3 is 2.31 bits per heavy atom. The second kappa shape index (κ2) is 9.48. The number of carbonyl (C=O) groups excluding carboxylic acids is 2. The predicted octanol–water partition coefficient (Wildman–Crippen LogP) is 2.84. The molecule has 2 amide bonds. The van der Waals surface area contributed by atoms with Crippen molar-refractivity contribution in [2.75, 3.05) is 19.4 Å². The molecule has 0 aliphatic carbocycles. The first-order chi connectivity index (χ1) is 12.4. The molecule has 0 heterocycles.